The molecule has 1 spiro atoms. The molecule has 1 unspecified atom stereocenters. The molecular formula is C38H45N7O3. The van der Waals surface area contributed by atoms with E-state index in [1.54, 1.807) is 0 Å². The molecule has 9 rings (SSSR count). The molecule has 1 amide bonds. The molecular weight excluding hydrogens is 602 g/mol. The fraction of sp³-hybridized carbons (Fsp3) is 0.500. The molecule has 2 aromatic carbocycles. The van der Waals surface area contributed by atoms with Crippen LogP contribution in [0.25, 0.3) is 22.3 Å². The number of hydrogen-bond acceptors (Lipinski definition) is 8. The standard InChI is InChI=1S/C38H45N7O3/c1-23-5-7-25(18-29(23)35(39)46)41-36-34-32(40-22-44(34)26-8-9-26)21-31(42-36)24-6-10-30-33(17-24)45(37(47)38(30)11-15-48-16-12-38)28-19-27(20-28)43-13-3-2-4-14-43/h5-7,10,17-18,21-22,26-28,35,46H,2-4,8-9,11-16,19-20,39H2,1H3,(H,41,42)/t27-,28+,35?. The van der Waals surface area contributed by atoms with E-state index in [1.165, 1.54) is 32.4 Å². The van der Waals surface area contributed by atoms with Crippen LogP contribution in [0.2, 0.25) is 0 Å². The van der Waals surface area contributed by atoms with Gasteiger partial charge < -0.3 is 35.3 Å². The third-order valence-corrected chi connectivity index (χ3v) is 11.8. The van der Waals surface area contributed by atoms with Gasteiger partial charge in [-0.2, -0.15) is 0 Å². The van der Waals surface area contributed by atoms with Gasteiger partial charge in [0.25, 0.3) is 0 Å². The van der Waals surface area contributed by atoms with Crippen molar-refractivity contribution in [2.75, 3.05) is 36.5 Å². The minimum Gasteiger partial charge on any atom is -0.381 e. The molecule has 4 N–H and O–H groups in total. The van der Waals surface area contributed by atoms with Crippen molar-refractivity contribution in [3.8, 4) is 11.3 Å². The predicted molar refractivity (Wildman–Crippen MR) is 186 cm³/mol. The normalized spacial score (nSPS) is 24.6. The number of aliphatic hydroxyl groups excluding tert-OH is 1. The number of benzene rings is 2. The Hall–Kier alpha value is -3.83. The number of aryl methyl sites for hydroxylation is 1. The van der Waals surface area contributed by atoms with Crippen LogP contribution in [0.4, 0.5) is 17.2 Å². The van der Waals surface area contributed by atoms with Gasteiger partial charge in [-0.05, 0) is 112 Å². The second-order valence-corrected chi connectivity index (χ2v) is 14.7. The Bertz CT molecular complexity index is 1880. The number of imidazole rings is 1. The van der Waals surface area contributed by atoms with E-state index < -0.39 is 11.6 Å². The van der Waals surface area contributed by atoms with Gasteiger partial charge in [0.05, 0.1) is 23.0 Å². The van der Waals surface area contributed by atoms with Crippen molar-refractivity contribution in [2.24, 2.45) is 5.73 Å². The lowest BCUT2D eigenvalue weighted by atomic mass is 9.75. The molecule has 0 bridgehead atoms. The maximum absolute atomic E-state index is 14.5. The first kappa shape index (κ1) is 30.2. The lowest BCUT2D eigenvalue weighted by molar-refractivity contribution is -0.127. The Kier molecular flexibility index (Phi) is 7.34. The van der Waals surface area contributed by atoms with Gasteiger partial charge in [0.15, 0.2) is 5.82 Å². The number of nitrogens with zero attached hydrogens (tertiary/aromatic N) is 5. The summed E-state index contributed by atoms with van der Waals surface area (Å²) in [6, 6.07) is 15.7. The molecule has 2 saturated heterocycles. The zero-order valence-corrected chi connectivity index (χ0v) is 27.7. The number of fused-ring (bicyclic) bond motifs is 3. The maximum atomic E-state index is 14.5. The van der Waals surface area contributed by atoms with Gasteiger partial charge in [-0.1, -0.05) is 24.6 Å². The number of nitrogens with one attached hydrogen (secondary N) is 1. The molecule has 4 fully saturated rings. The molecule has 2 aromatic heterocycles. The largest absolute Gasteiger partial charge is 0.381 e. The smallest absolute Gasteiger partial charge is 0.238 e. The molecule has 5 aliphatic rings. The molecule has 1 atom stereocenters. The molecule has 4 aromatic rings. The van der Waals surface area contributed by atoms with E-state index in [9.17, 15) is 9.90 Å². The Morgan fingerprint density at radius 1 is 1.00 bits per heavy atom. The van der Waals surface area contributed by atoms with Gasteiger partial charge in [-0.3, -0.25) is 4.79 Å². The highest BCUT2D eigenvalue weighted by Gasteiger charge is 2.55. The third-order valence-electron chi connectivity index (χ3n) is 11.8. The summed E-state index contributed by atoms with van der Waals surface area (Å²) in [6.45, 7) is 5.54. The highest BCUT2D eigenvalue weighted by atomic mass is 16.5. The van der Waals surface area contributed by atoms with E-state index >= 15 is 0 Å². The van der Waals surface area contributed by atoms with Crippen LogP contribution < -0.4 is 16.0 Å². The van der Waals surface area contributed by atoms with Gasteiger partial charge in [0, 0.05) is 48.3 Å². The van der Waals surface area contributed by atoms with Gasteiger partial charge in [0.2, 0.25) is 5.91 Å². The zero-order valence-electron chi connectivity index (χ0n) is 27.7. The lowest BCUT2D eigenvalue weighted by Gasteiger charge is -2.48. The van der Waals surface area contributed by atoms with Gasteiger partial charge >= 0.3 is 0 Å². The van der Waals surface area contributed by atoms with Crippen molar-refractivity contribution < 1.29 is 14.6 Å². The highest BCUT2D eigenvalue weighted by molar-refractivity contribution is 6.09. The first-order valence-electron chi connectivity index (χ1n) is 17.9. The fourth-order valence-corrected chi connectivity index (χ4v) is 8.77. The topological polar surface area (TPSA) is 122 Å². The summed E-state index contributed by atoms with van der Waals surface area (Å²) < 4.78 is 8.00. The number of likely N-dealkylation sites (tertiary alicyclic amines) is 1. The number of carbonyl (C=O) groups excluding carboxylic acids is 1. The first-order valence-corrected chi connectivity index (χ1v) is 17.9. The van der Waals surface area contributed by atoms with Crippen molar-refractivity contribution in [3.05, 3.63) is 65.5 Å². The highest BCUT2D eigenvalue weighted by Crippen LogP contribution is 2.52. The number of rotatable bonds is 7. The number of aliphatic hydroxyl groups is 1. The number of hydrogen-bond donors (Lipinski definition) is 3. The molecule has 0 radical (unpaired) electrons. The molecule has 2 saturated carbocycles. The number of ether oxygens (including phenoxy) is 1. The quantitative estimate of drug-likeness (QED) is 0.214. The lowest BCUT2D eigenvalue weighted by Crippen LogP contribution is -2.57. The van der Waals surface area contributed by atoms with Crippen LogP contribution in [0.1, 0.15) is 86.7 Å². The van der Waals surface area contributed by atoms with Crippen molar-refractivity contribution in [2.45, 2.75) is 94.5 Å². The summed E-state index contributed by atoms with van der Waals surface area (Å²) in [5.74, 6) is 0.970. The van der Waals surface area contributed by atoms with Crippen LogP contribution >= 0.6 is 0 Å². The number of piperidine rings is 1. The summed E-state index contributed by atoms with van der Waals surface area (Å²) in [5, 5.41) is 13.7. The number of carbonyl (C=O) groups is 1. The number of pyridine rings is 1. The maximum Gasteiger partial charge on any atom is 0.238 e. The summed E-state index contributed by atoms with van der Waals surface area (Å²) in [6.07, 6.45) is 10.5. The molecule has 3 aliphatic heterocycles. The molecule has 250 valence electrons. The fourth-order valence-electron chi connectivity index (χ4n) is 8.77. The summed E-state index contributed by atoms with van der Waals surface area (Å²) in [7, 11) is 0. The van der Waals surface area contributed by atoms with Crippen LogP contribution in [0.3, 0.4) is 0 Å². The Morgan fingerprint density at radius 2 is 1.79 bits per heavy atom. The molecule has 10 nitrogen and oxygen atoms in total. The van der Waals surface area contributed by atoms with Crippen molar-refractivity contribution in [1.29, 1.82) is 0 Å². The van der Waals surface area contributed by atoms with E-state index in [2.05, 4.69) is 43.9 Å². The number of aromatic nitrogens is 3. The van der Waals surface area contributed by atoms with Crippen LogP contribution in [0.5, 0.6) is 0 Å². The van der Waals surface area contributed by atoms with E-state index in [4.69, 9.17) is 20.4 Å². The van der Waals surface area contributed by atoms with Crippen molar-refractivity contribution in [1.82, 2.24) is 19.4 Å². The van der Waals surface area contributed by atoms with E-state index in [1.807, 2.05) is 31.5 Å². The molecule has 5 heterocycles. The summed E-state index contributed by atoms with van der Waals surface area (Å²) in [4.78, 5) is 29.4. The number of amides is 1. The minimum atomic E-state index is -1.06. The minimum absolute atomic E-state index is 0.219. The molecule has 10 heteroatoms. The van der Waals surface area contributed by atoms with E-state index in [-0.39, 0.29) is 11.9 Å². The summed E-state index contributed by atoms with van der Waals surface area (Å²) in [5.41, 5.74) is 13.6. The SMILES string of the molecule is Cc1ccc(Nc2nc(-c3ccc4c(c3)N([C@H]3C[C@@H](N5CCCCC5)C3)C(=O)C43CCOCC3)cc3ncn(C4CC4)c23)cc1C(N)O. The molecule has 2 aliphatic carbocycles. The van der Waals surface area contributed by atoms with Gasteiger partial charge in [-0.25, -0.2) is 9.97 Å². The Labute approximate surface area is 281 Å². The second kappa shape index (κ2) is 11.7. The van der Waals surface area contributed by atoms with Crippen LogP contribution in [0, 0.1) is 6.92 Å². The van der Waals surface area contributed by atoms with Crippen LogP contribution in [-0.4, -0.2) is 68.8 Å². The van der Waals surface area contributed by atoms with Crippen LogP contribution in [0.15, 0.2) is 48.8 Å². The summed E-state index contributed by atoms with van der Waals surface area (Å²) >= 11 is 0. The number of nitrogens with two attached hydrogens (primary N) is 1. The van der Waals surface area contributed by atoms with Gasteiger partial charge in [-0.15, -0.1) is 0 Å². The second-order valence-electron chi connectivity index (χ2n) is 14.7. The van der Waals surface area contributed by atoms with Crippen molar-refractivity contribution >= 4 is 34.1 Å². The van der Waals surface area contributed by atoms with E-state index in [0.717, 1.165) is 83.3 Å². The van der Waals surface area contributed by atoms with Crippen LogP contribution in [-0.2, 0) is 14.9 Å². The zero-order chi connectivity index (χ0) is 32.6. The average molecular weight is 648 g/mol. The Balaban J connectivity index is 1.11. The van der Waals surface area contributed by atoms with Crippen molar-refractivity contribution in [3.63, 3.8) is 0 Å². The monoisotopic (exact) mass is 647 g/mol. The molecule has 48 heavy (non-hydrogen) atoms. The first-order chi connectivity index (χ1) is 23.4. The number of anilines is 3. The van der Waals surface area contributed by atoms with Gasteiger partial charge in [0.1, 0.15) is 11.7 Å². The predicted octanol–water partition coefficient (Wildman–Crippen LogP) is 5.85. The van der Waals surface area contributed by atoms with E-state index in [0.29, 0.717) is 36.7 Å². The third kappa shape index (κ3) is 4.95. The Morgan fingerprint density at radius 3 is 2.54 bits per heavy atom. The average Bonchev–Trinajstić information content (AvgIpc) is 3.80.